The summed E-state index contributed by atoms with van der Waals surface area (Å²) in [5.74, 6) is 1.39. The molecule has 2 rings (SSSR count). The first-order chi connectivity index (χ1) is 13.4. The lowest BCUT2D eigenvalue weighted by Crippen LogP contribution is -2.18. The van der Waals surface area contributed by atoms with E-state index in [9.17, 15) is 0 Å². The average Bonchev–Trinajstić information content (AvgIpc) is 2.66. The van der Waals surface area contributed by atoms with E-state index in [1.807, 2.05) is 32.0 Å². The van der Waals surface area contributed by atoms with E-state index in [-0.39, 0.29) is 6.10 Å². The highest BCUT2D eigenvalue weighted by molar-refractivity contribution is 9.10. The molecule has 2 aromatic rings. The third kappa shape index (κ3) is 7.12. The molecule has 28 heavy (non-hydrogen) atoms. The van der Waals surface area contributed by atoms with E-state index in [0.717, 1.165) is 35.2 Å². The van der Waals surface area contributed by atoms with Gasteiger partial charge in [0.15, 0.2) is 11.5 Å². The van der Waals surface area contributed by atoms with Crippen LogP contribution in [-0.4, -0.2) is 26.4 Å². The molecule has 0 saturated carbocycles. The number of hydrogen-bond donors (Lipinski definition) is 1. The first-order valence-electron chi connectivity index (χ1n) is 9.16. The molecule has 2 aromatic carbocycles. The fourth-order valence-corrected chi connectivity index (χ4v) is 3.35. The summed E-state index contributed by atoms with van der Waals surface area (Å²) >= 11 is 15.7. The Morgan fingerprint density at radius 1 is 1.11 bits per heavy atom. The van der Waals surface area contributed by atoms with E-state index in [1.54, 1.807) is 19.2 Å². The molecule has 0 radical (unpaired) electrons. The highest BCUT2D eigenvalue weighted by atomic mass is 79.9. The molecule has 0 aliphatic rings. The second kappa shape index (κ2) is 11.9. The number of nitrogens with one attached hydrogen (secondary N) is 1. The standard InChI is InChI=1S/C21H26BrCl2NO3/c1-14(2)27-10-4-9-25-12-16-17(22)6-8-20(26-3)21(16)28-13-15-5-7-18(23)19(24)11-15/h5-8,11,14,25H,4,9-10,12-13H2,1-3H3. The van der Waals surface area contributed by atoms with E-state index < -0.39 is 0 Å². The molecule has 0 amide bonds. The molecule has 154 valence electrons. The minimum Gasteiger partial charge on any atom is -0.493 e. The monoisotopic (exact) mass is 489 g/mol. The van der Waals surface area contributed by atoms with Crippen molar-refractivity contribution < 1.29 is 14.2 Å². The third-order valence-electron chi connectivity index (χ3n) is 4.01. The van der Waals surface area contributed by atoms with Gasteiger partial charge in [0.25, 0.3) is 0 Å². The van der Waals surface area contributed by atoms with Gasteiger partial charge >= 0.3 is 0 Å². The number of hydrogen-bond acceptors (Lipinski definition) is 4. The number of methoxy groups -OCH3 is 1. The molecule has 0 spiro atoms. The average molecular weight is 491 g/mol. The first-order valence-corrected chi connectivity index (χ1v) is 10.7. The van der Waals surface area contributed by atoms with E-state index in [2.05, 4.69) is 21.2 Å². The van der Waals surface area contributed by atoms with Gasteiger partial charge in [-0.25, -0.2) is 0 Å². The highest BCUT2D eigenvalue weighted by Gasteiger charge is 2.15. The molecule has 0 heterocycles. The van der Waals surface area contributed by atoms with Crippen LogP contribution in [0.1, 0.15) is 31.4 Å². The Hall–Kier alpha value is -0.980. The number of rotatable bonds is 11. The second-order valence-electron chi connectivity index (χ2n) is 6.54. The van der Waals surface area contributed by atoms with Gasteiger partial charge in [0.1, 0.15) is 6.61 Å². The molecule has 0 aliphatic carbocycles. The van der Waals surface area contributed by atoms with Crippen LogP contribution in [0.2, 0.25) is 10.0 Å². The van der Waals surface area contributed by atoms with Gasteiger partial charge in [0.05, 0.1) is 23.3 Å². The largest absolute Gasteiger partial charge is 0.493 e. The zero-order valence-corrected chi connectivity index (χ0v) is 19.5. The van der Waals surface area contributed by atoms with Crippen molar-refractivity contribution in [1.29, 1.82) is 0 Å². The summed E-state index contributed by atoms with van der Waals surface area (Å²) in [4.78, 5) is 0. The van der Waals surface area contributed by atoms with Crippen LogP contribution in [0.5, 0.6) is 11.5 Å². The zero-order chi connectivity index (χ0) is 20.5. The lowest BCUT2D eigenvalue weighted by atomic mass is 10.1. The van der Waals surface area contributed by atoms with E-state index >= 15 is 0 Å². The normalized spacial score (nSPS) is 11.1. The minimum absolute atomic E-state index is 0.258. The molecular weight excluding hydrogens is 465 g/mol. The molecule has 0 atom stereocenters. The van der Waals surface area contributed by atoms with Crippen LogP contribution >= 0.6 is 39.1 Å². The quantitative estimate of drug-likeness (QED) is 0.378. The zero-order valence-electron chi connectivity index (χ0n) is 16.4. The van der Waals surface area contributed by atoms with Crippen LogP contribution in [0.15, 0.2) is 34.8 Å². The van der Waals surface area contributed by atoms with E-state index in [4.69, 9.17) is 37.4 Å². The van der Waals surface area contributed by atoms with E-state index in [0.29, 0.717) is 34.7 Å². The van der Waals surface area contributed by atoms with Gasteiger partial charge in [0, 0.05) is 23.2 Å². The van der Waals surface area contributed by atoms with Crippen molar-refractivity contribution in [2.75, 3.05) is 20.3 Å². The van der Waals surface area contributed by atoms with Gasteiger partial charge in [-0.15, -0.1) is 0 Å². The summed E-state index contributed by atoms with van der Waals surface area (Å²) in [6.45, 7) is 6.68. The van der Waals surface area contributed by atoms with E-state index in [1.165, 1.54) is 0 Å². The Morgan fingerprint density at radius 3 is 2.57 bits per heavy atom. The summed E-state index contributed by atoms with van der Waals surface area (Å²) in [7, 11) is 1.63. The minimum atomic E-state index is 0.258. The molecule has 0 saturated heterocycles. The maximum atomic E-state index is 6.11. The Labute approximate surface area is 185 Å². The van der Waals surface area contributed by atoms with Crippen molar-refractivity contribution in [3.63, 3.8) is 0 Å². The van der Waals surface area contributed by atoms with Crippen LogP contribution in [0.3, 0.4) is 0 Å². The number of benzene rings is 2. The van der Waals surface area contributed by atoms with Crippen LogP contribution in [-0.2, 0) is 17.9 Å². The molecule has 0 aliphatic heterocycles. The van der Waals surface area contributed by atoms with Crippen molar-refractivity contribution in [2.45, 2.75) is 39.5 Å². The van der Waals surface area contributed by atoms with Gasteiger partial charge in [-0.3, -0.25) is 0 Å². The molecular formula is C21H26BrCl2NO3. The maximum absolute atomic E-state index is 6.11. The van der Waals surface area contributed by atoms with Crippen molar-refractivity contribution in [2.24, 2.45) is 0 Å². The smallest absolute Gasteiger partial charge is 0.167 e. The Bertz CT molecular complexity index is 772. The predicted molar refractivity (Wildman–Crippen MR) is 119 cm³/mol. The molecule has 4 nitrogen and oxygen atoms in total. The summed E-state index contributed by atoms with van der Waals surface area (Å²) in [5.41, 5.74) is 1.94. The van der Waals surface area contributed by atoms with Crippen molar-refractivity contribution in [3.05, 3.63) is 56.0 Å². The Morgan fingerprint density at radius 2 is 1.89 bits per heavy atom. The van der Waals surface area contributed by atoms with Crippen LogP contribution in [0, 0.1) is 0 Å². The summed E-state index contributed by atoms with van der Waals surface area (Å²) in [6.07, 6.45) is 1.20. The van der Waals surface area contributed by atoms with Crippen molar-refractivity contribution >= 4 is 39.1 Å². The predicted octanol–water partition coefficient (Wildman–Crippen LogP) is 6.25. The SMILES string of the molecule is COc1ccc(Br)c(CNCCCOC(C)C)c1OCc1ccc(Cl)c(Cl)c1. The molecule has 0 unspecified atom stereocenters. The Balaban J connectivity index is 2.04. The van der Waals surface area contributed by atoms with Gasteiger partial charge in [-0.05, 0) is 56.6 Å². The summed E-state index contributed by atoms with van der Waals surface area (Å²) < 4.78 is 18.1. The van der Waals surface area contributed by atoms with Crippen molar-refractivity contribution in [3.8, 4) is 11.5 Å². The lowest BCUT2D eigenvalue weighted by molar-refractivity contribution is 0.0770. The summed E-state index contributed by atoms with van der Waals surface area (Å²) in [5, 5.41) is 4.47. The van der Waals surface area contributed by atoms with Crippen molar-refractivity contribution in [1.82, 2.24) is 5.32 Å². The second-order valence-corrected chi connectivity index (χ2v) is 8.21. The summed E-state index contributed by atoms with van der Waals surface area (Å²) in [6, 6.07) is 9.31. The topological polar surface area (TPSA) is 39.7 Å². The maximum Gasteiger partial charge on any atom is 0.167 e. The molecule has 0 aromatic heterocycles. The van der Waals surface area contributed by atoms with Crippen LogP contribution in [0.25, 0.3) is 0 Å². The number of ether oxygens (including phenoxy) is 3. The molecule has 7 heteroatoms. The fraction of sp³-hybridized carbons (Fsp3) is 0.429. The van der Waals surface area contributed by atoms with Gasteiger partial charge in [-0.1, -0.05) is 45.2 Å². The Kier molecular flexibility index (Phi) is 9.89. The van der Waals surface area contributed by atoms with Gasteiger partial charge in [-0.2, -0.15) is 0 Å². The highest BCUT2D eigenvalue weighted by Crippen LogP contribution is 2.37. The molecule has 1 N–H and O–H groups in total. The van der Waals surface area contributed by atoms with Crippen LogP contribution in [0.4, 0.5) is 0 Å². The molecule has 0 fully saturated rings. The fourth-order valence-electron chi connectivity index (χ4n) is 2.58. The first kappa shape index (κ1) is 23.3. The molecule has 0 bridgehead atoms. The lowest BCUT2D eigenvalue weighted by Gasteiger charge is -2.17. The van der Waals surface area contributed by atoms with Crippen LogP contribution < -0.4 is 14.8 Å². The number of halogens is 3. The van der Waals surface area contributed by atoms with Gasteiger partial charge < -0.3 is 19.5 Å². The van der Waals surface area contributed by atoms with Gasteiger partial charge in [0.2, 0.25) is 0 Å². The third-order valence-corrected chi connectivity index (χ3v) is 5.49.